The molecule has 1 aromatic carbocycles. The highest BCUT2D eigenvalue weighted by Gasteiger charge is 2.46. The Kier molecular flexibility index (Phi) is 3.08. The van der Waals surface area contributed by atoms with Crippen LogP contribution in [0.1, 0.15) is 31.2 Å². The fourth-order valence-corrected chi connectivity index (χ4v) is 3.14. The van der Waals surface area contributed by atoms with Crippen LogP contribution in [0.2, 0.25) is 0 Å². The van der Waals surface area contributed by atoms with E-state index in [1.165, 1.54) is 5.56 Å². The summed E-state index contributed by atoms with van der Waals surface area (Å²) >= 11 is 0. The fourth-order valence-electron chi connectivity index (χ4n) is 3.14. The molecule has 1 N–H and O–H groups in total. The van der Waals surface area contributed by atoms with Crippen LogP contribution in [0.4, 0.5) is 0 Å². The highest BCUT2D eigenvalue weighted by atomic mass is 16.5. The van der Waals surface area contributed by atoms with Gasteiger partial charge in [-0.25, -0.2) is 0 Å². The van der Waals surface area contributed by atoms with E-state index < -0.39 is 0 Å². The molecule has 0 bridgehead atoms. The molecule has 3 heteroatoms. The van der Waals surface area contributed by atoms with Crippen molar-refractivity contribution in [1.82, 2.24) is 5.32 Å². The Balaban J connectivity index is 1.70. The van der Waals surface area contributed by atoms with Gasteiger partial charge in [-0.05, 0) is 24.8 Å². The van der Waals surface area contributed by atoms with Crippen LogP contribution < -0.4 is 5.32 Å². The molecule has 1 aliphatic heterocycles. The third kappa shape index (κ3) is 2.15. The van der Waals surface area contributed by atoms with Crippen molar-refractivity contribution in [3.63, 3.8) is 0 Å². The standard InChI is InChI=1S/C15H19NO2/c17-14-15(8-4-5-9-15)16-13(11-18-14)10-12-6-2-1-3-7-12/h1-3,6-7,13,16H,4-5,8-11H2/t13-/m0/s1. The fraction of sp³-hybridized carbons (Fsp3) is 0.533. The van der Waals surface area contributed by atoms with Gasteiger partial charge < -0.3 is 4.74 Å². The molecule has 0 amide bonds. The first-order valence-corrected chi connectivity index (χ1v) is 6.77. The number of esters is 1. The Morgan fingerprint density at radius 3 is 2.67 bits per heavy atom. The summed E-state index contributed by atoms with van der Waals surface area (Å²) in [4.78, 5) is 11.9. The SMILES string of the molecule is O=C1OC[C@H](Cc2ccccc2)NC12CCCC2. The summed E-state index contributed by atoms with van der Waals surface area (Å²) in [5, 5.41) is 3.55. The van der Waals surface area contributed by atoms with E-state index in [1.54, 1.807) is 0 Å². The predicted octanol–water partition coefficient (Wildman–Crippen LogP) is 2.06. The number of carbonyl (C=O) groups excluding carboxylic acids is 1. The first kappa shape index (κ1) is 11.7. The van der Waals surface area contributed by atoms with Crippen molar-refractivity contribution in [2.75, 3.05) is 6.61 Å². The Labute approximate surface area is 108 Å². The Bertz CT molecular complexity index is 423. The van der Waals surface area contributed by atoms with Crippen LogP contribution in [0, 0.1) is 0 Å². The molecule has 1 spiro atoms. The summed E-state index contributed by atoms with van der Waals surface area (Å²) in [6, 6.07) is 10.6. The van der Waals surface area contributed by atoms with E-state index in [1.807, 2.05) is 6.07 Å². The predicted molar refractivity (Wildman–Crippen MR) is 69.2 cm³/mol. The van der Waals surface area contributed by atoms with Crippen LogP contribution in [0.5, 0.6) is 0 Å². The quantitative estimate of drug-likeness (QED) is 0.810. The van der Waals surface area contributed by atoms with Gasteiger partial charge in [0.1, 0.15) is 12.1 Å². The molecule has 1 saturated carbocycles. The molecule has 0 aromatic heterocycles. The minimum absolute atomic E-state index is 0.0377. The molecule has 0 unspecified atom stereocenters. The summed E-state index contributed by atoms with van der Waals surface area (Å²) in [6.07, 6.45) is 5.03. The summed E-state index contributed by atoms with van der Waals surface area (Å²) in [6.45, 7) is 0.496. The van der Waals surface area contributed by atoms with Gasteiger partial charge in [-0.2, -0.15) is 0 Å². The van der Waals surface area contributed by atoms with Gasteiger partial charge in [-0.1, -0.05) is 43.2 Å². The molecular formula is C15H19NO2. The van der Waals surface area contributed by atoms with Crippen molar-refractivity contribution in [1.29, 1.82) is 0 Å². The van der Waals surface area contributed by atoms with Gasteiger partial charge in [0.2, 0.25) is 0 Å². The van der Waals surface area contributed by atoms with E-state index >= 15 is 0 Å². The molecule has 1 aromatic rings. The molecule has 0 radical (unpaired) electrons. The first-order chi connectivity index (χ1) is 8.78. The van der Waals surface area contributed by atoms with Gasteiger partial charge in [0.15, 0.2) is 0 Å². The van der Waals surface area contributed by atoms with Crippen molar-refractivity contribution >= 4 is 5.97 Å². The number of ether oxygens (including phenoxy) is 1. The molecule has 3 nitrogen and oxygen atoms in total. The van der Waals surface area contributed by atoms with Crippen LogP contribution in [-0.2, 0) is 16.0 Å². The van der Waals surface area contributed by atoms with Crippen LogP contribution >= 0.6 is 0 Å². The molecule has 18 heavy (non-hydrogen) atoms. The third-order valence-electron chi connectivity index (χ3n) is 4.07. The third-order valence-corrected chi connectivity index (χ3v) is 4.07. The zero-order chi connectivity index (χ0) is 12.4. The van der Waals surface area contributed by atoms with Crippen LogP contribution in [0.25, 0.3) is 0 Å². The molecule has 1 saturated heterocycles. The van der Waals surface area contributed by atoms with Gasteiger partial charge in [0, 0.05) is 6.04 Å². The highest BCUT2D eigenvalue weighted by molar-refractivity contribution is 5.82. The molecule has 3 rings (SSSR count). The van der Waals surface area contributed by atoms with Crippen LogP contribution in [-0.4, -0.2) is 24.2 Å². The van der Waals surface area contributed by atoms with E-state index in [2.05, 4.69) is 29.6 Å². The molecule has 2 fully saturated rings. The second-order valence-corrected chi connectivity index (χ2v) is 5.42. The highest BCUT2D eigenvalue weighted by Crippen LogP contribution is 2.33. The molecular weight excluding hydrogens is 226 g/mol. The molecule has 1 atom stereocenters. The number of cyclic esters (lactones) is 1. The summed E-state index contributed by atoms with van der Waals surface area (Å²) in [5.41, 5.74) is 0.915. The lowest BCUT2D eigenvalue weighted by Gasteiger charge is -2.37. The maximum Gasteiger partial charge on any atom is 0.326 e. The number of morpholine rings is 1. The number of hydrogen-bond acceptors (Lipinski definition) is 3. The van der Waals surface area contributed by atoms with Crippen molar-refractivity contribution in [3.8, 4) is 0 Å². The van der Waals surface area contributed by atoms with Crippen molar-refractivity contribution in [3.05, 3.63) is 35.9 Å². The topological polar surface area (TPSA) is 38.3 Å². The van der Waals surface area contributed by atoms with Gasteiger partial charge in [-0.3, -0.25) is 10.1 Å². The van der Waals surface area contributed by atoms with Crippen LogP contribution in [0.3, 0.4) is 0 Å². The molecule has 1 heterocycles. The maximum absolute atomic E-state index is 11.9. The maximum atomic E-state index is 11.9. The van der Waals surface area contributed by atoms with Gasteiger partial charge >= 0.3 is 5.97 Å². The number of hydrogen-bond donors (Lipinski definition) is 1. The lowest BCUT2D eigenvalue weighted by atomic mass is 9.93. The zero-order valence-corrected chi connectivity index (χ0v) is 10.5. The number of nitrogens with one attached hydrogen (secondary N) is 1. The molecule has 96 valence electrons. The minimum Gasteiger partial charge on any atom is -0.463 e. The first-order valence-electron chi connectivity index (χ1n) is 6.77. The number of rotatable bonds is 2. The smallest absolute Gasteiger partial charge is 0.326 e. The van der Waals surface area contributed by atoms with E-state index in [-0.39, 0.29) is 17.6 Å². The summed E-state index contributed by atoms with van der Waals surface area (Å²) in [7, 11) is 0. The minimum atomic E-state index is -0.377. The van der Waals surface area contributed by atoms with Crippen LogP contribution in [0.15, 0.2) is 30.3 Å². The van der Waals surface area contributed by atoms with Gasteiger partial charge in [0.25, 0.3) is 0 Å². The Morgan fingerprint density at radius 2 is 1.94 bits per heavy atom. The normalized spacial score (nSPS) is 26.2. The lowest BCUT2D eigenvalue weighted by Crippen LogP contribution is -2.61. The van der Waals surface area contributed by atoms with E-state index in [0.717, 1.165) is 32.1 Å². The lowest BCUT2D eigenvalue weighted by molar-refractivity contribution is -0.158. The Morgan fingerprint density at radius 1 is 1.22 bits per heavy atom. The van der Waals surface area contributed by atoms with Crippen molar-refractivity contribution < 1.29 is 9.53 Å². The van der Waals surface area contributed by atoms with Gasteiger partial charge in [0.05, 0.1) is 0 Å². The van der Waals surface area contributed by atoms with Crippen molar-refractivity contribution in [2.24, 2.45) is 0 Å². The van der Waals surface area contributed by atoms with Gasteiger partial charge in [-0.15, -0.1) is 0 Å². The van der Waals surface area contributed by atoms with E-state index in [0.29, 0.717) is 6.61 Å². The average Bonchev–Trinajstić information content (AvgIpc) is 2.85. The summed E-state index contributed by atoms with van der Waals surface area (Å²) in [5.74, 6) is -0.0377. The second kappa shape index (κ2) is 4.73. The average molecular weight is 245 g/mol. The summed E-state index contributed by atoms with van der Waals surface area (Å²) < 4.78 is 5.40. The molecule has 1 aliphatic carbocycles. The molecule has 2 aliphatic rings. The zero-order valence-electron chi connectivity index (χ0n) is 10.5. The second-order valence-electron chi connectivity index (χ2n) is 5.42. The number of benzene rings is 1. The largest absolute Gasteiger partial charge is 0.463 e. The van der Waals surface area contributed by atoms with E-state index in [9.17, 15) is 4.79 Å². The Hall–Kier alpha value is -1.35. The van der Waals surface area contributed by atoms with Crippen molar-refractivity contribution in [2.45, 2.75) is 43.7 Å². The monoisotopic (exact) mass is 245 g/mol. The number of carbonyl (C=O) groups is 1. The van der Waals surface area contributed by atoms with E-state index in [4.69, 9.17) is 4.74 Å².